The Morgan fingerprint density at radius 3 is 1.39 bits per heavy atom. The number of nitrogens with zero attached hydrogens (tertiary/aromatic N) is 2. The number of hydrogen-bond acceptors (Lipinski definition) is 9. The molecule has 0 fully saturated rings. The first-order valence-electron chi connectivity index (χ1n) is 34.6. The van der Waals surface area contributed by atoms with Gasteiger partial charge in [0.25, 0.3) is 0 Å². The Kier molecular flexibility index (Phi) is 28.2. The van der Waals surface area contributed by atoms with E-state index in [4.69, 9.17) is 28.4 Å². The van der Waals surface area contributed by atoms with Gasteiger partial charge in [0.05, 0.1) is 54.1 Å². The molecule has 0 aromatic heterocycles. The molecule has 0 amide bonds. The summed E-state index contributed by atoms with van der Waals surface area (Å²) in [7, 11) is 8.99. The molecule has 4 aromatic carbocycles. The molecule has 6 unspecified atom stereocenters. The minimum atomic E-state index is -0.855. The monoisotopic (exact) mass is 1220 g/mol. The molecule has 4 heterocycles. The fourth-order valence-electron chi connectivity index (χ4n) is 14.9. The molecule has 4 aromatic rings. The van der Waals surface area contributed by atoms with Gasteiger partial charge in [-0.15, -0.1) is 0 Å². The molecule has 88 heavy (non-hydrogen) atoms. The number of carbonyl (C=O) groups excluding carboxylic acids is 1. The molecule has 13 heteroatoms. The number of hydrogen-bond donors (Lipinski definition) is 2. The SMILES string of the molecule is CCCCCCCCCCCCCCCCC(C(=O)O)[N+]1(C)CCc2cc(OC)c3cc2C1Cc1ccc(cc1)Oc1cc(ccc1OC)CC1c2c(cc(OC)c(OC(C)=O)c2O3)CC[N+]1(C)C(CCCCCCCCCCCCCCCC)C(=O)O. The number of carbonyl (C=O) groups is 3. The van der Waals surface area contributed by atoms with E-state index >= 15 is 0 Å². The fraction of sp³-hybridized carbons (Fsp3) is 0.640. The normalized spacial score (nSPS) is 19.3. The average molecular weight is 1220 g/mol. The molecule has 2 N–H and O–H groups in total. The van der Waals surface area contributed by atoms with Crippen LogP contribution in [-0.2, 0) is 40.1 Å². The van der Waals surface area contributed by atoms with Gasteiger partial charge in [-0.2, -0.15) is 0 Å². The van der Waals surface area contributed by atoms with Crippen LogP contribution in [0.3, 0.4) is 0 Å². The van der Waals surface area contributed by atoms with Crippen molar-refractivity contribution in [3.63, 3.8) is 0 Å². The number of rotatable bonds is 38. The van der Waals surface area contributed by atoms with Crippen molar-refractivity contribution in [1.29, 1.82) is 0 Å². The lowest BCUT2D eigenvalue weighted by Crippen LogP contribution is -2.61. The summed E-state index contributed by atoms with van der Waals surface area (Å²) in [5, 5.41) is 22.9. The Hall–Kier alpha value is -5.79. The second-order valence-electron chi connectivity index (χ2n) is 26.5. The van der Waals surface area contributed by atoms with Crippen molar-refractivity contribution < 1.29 is 62.0 Å². The zero-order chi connectivity index (χ0) is 62.9. The Bertz CT molecular complexity index is 2820. The maximum Gasteiger partial charge on any atom is 0.362 e. The first-order valence-corrected chi connectivity index (χ1v) is 34.6. The van der Waals surface area contributed by atoms with Crippen molar-refractivity contribution in [1.82, 2.24) is 0 Å². The highest BCUT2D eigenvalue weighted by Gasteiger charge is 2.51. The molecule has 0 saturated carbocycles. The third-order valence-corrected chi connectivity index (χ3v) is 20.2. The van der Waals surface area contributed by atoms with Gasteiger partial charge in [0, 0.05) is 51.0 Å². The molecule has 4 aliphatic heterocycles. The van der Waals surface area contributed by atoms with Gasteiger partial charge in [-0.1, -0.05) is 199 Å². The average Bonchev–Trinajstić information content (AvgIpc) is 0.769. The van der Waals surface area contributed by atoms with Crippen LogP contribution in [0.5, 0.6) is 46.0 Å². The molecule has 8 rings (SSSR count). The highest BCUT2D eigenvalue weighted by atomic mass is 16.6. The highest BCUT2D eigenvalue weighted by molar-refractivity contribution is 5.75. The first kappa shape index (κ1) is 69.7. The van der Waals surface area contributed by atoms with Gasteiger partial charge in [-0.3, -0.25) is 4.79 Å². The van der Waals surface area contributed by atoms with Crippen LogP contribution in [0, 0.1) is 0 Å². The van der Waals surface area contributed by atoms with Crippen LogP contribution >= 0.6 is 0 Å². The standard InChI is InChI=1S/C75H110N2O11/c1-9-11-13-15-17-19-21-23-25-27-29-31-33-35-37-62(74(79)80)76(4)47-45-58-52-67(84-7)69-54-61(58)64(76)49-56-39-42-60(43-40-56)87-68-51-57(41-44-66(68)83-6)50-65-71-59(53-70(85-8)72(73(71)88-69)86-55(3)78)46-48-77(65,5)63(75(81)82)38-36-34-32-30-28-26-24-22-20-18-16-14-12-10-2/h39-44,51-54,62-65H,9-38,45-50H2,1-8H3/p+2. The van der Waals surface area contributed by atoms with E-state index in [2.05, 4.69) is 40.1 Å². The summed E-state index contributed by atoms with van der Waals surface area (Å²) in [6, 6.07) is 17.6. The van der Waals surface area contributed by atoms with Crippen LogP contribution in [0.4, 0.5) is 0 Å². The van der Waals surface area contributed by atoms with Crippen molar-refractivity contribution in [3.8, 4) is 46.0 Å². The summed E-state index contributed by atoms with van der Waals surface area (Å²) in [6.07, 6.45) is 37.3. The number of unbranched alkanes of at least 4 members (excludes halogenated alkanes) is 26. The van der Waals surface area contributed by atoms with Crippen LogP contribution in [0.25, 0.3) is 0 Å². The fourth-order valence-corrected chi connectivity index (χ4v) is 14.9. The van der Waals surface area contributed by atoms with Gasteiger partial charge >= 0.3 is 17.9 Å². The predicted molar refractivity (Wildman–Crippen MR) is 352 cm³/mol. The molecule has 0 radical (unpaired) electrons. The van der Waals surface area contributed by atoms with Gasteiger partial charge in [0.1, 0.15) is 17.8 Å². The van der Waals surface area contributed by atoms with E-state index in [0.29, 0.717) is 86.1 Å². The van der Waals surface area contributed by atoms with Gasteiger partial charge in [0.15, 0.2) is 46.6 Å². The van der Waals surface area contributed by atoms with Crippen molar-refractivity contribution in [2.24, 2.45) is 0 Å². The summed E-state index contributed by atoms with van der Waals surface area (Å²) in [5.74, 6) is 0.946. The van der Waals surface area contributed by atoms with Crippen molar-refractivity contribution in [2.75, 3.05) is 48.5 Å². The quantitative estimate of drug-likeness (QED) is 0.0191. The lowest BCUT2D eigenvalue weighted by atomic mass is 9.83. The number of ether oxygens (including phenoxy) is 6. The second kappa shape index (κ2) is 35.6. The molecule has 486 valence electrons. The summed E-state index contributed by atoms with van der Waals surface area (Å²) in [4.78, 5) is 41.3. The summed E-state index contributed by atoms with van der Waals surface area (Å²) >= 11 is 0. The molecule has 13 nitrogen and oxygen atoms in total. The first-order chi connectivity index (χ1) is 42.7. The number of esters is 1. The molecule has 4 aliphatic rings. The van der Waals surface area contributed by atoms with Gasteiger partial charge in [-0.05, 0) is 77.6 Å². The van der Waals surface area contributed by atoms with E-state index in [0.717, 1.165) is 78.3 Å². The van der Waals surface area contributed by atoms with Crippen LogP contribution < -0.4 is 28.4 Å². The second-order valence-corrected chi connectivity index (χ2v) is 26.5. The minimum absolute atomic E-state index is 0.0924. The van der Waals surface area contributed by atoms with E-state index in [9.17, 15) is 24.6 Å². The smallest absolute Gasteiger partial charge is 0.362 e. The van der Waals surface area contributed by atoms with Gasteiger partial charge < -0.3 is 47.6 Å². The minimum Gasteiger partial charge on any atom is -0.493 e. The van der Waals surface area contributed by atoms with Crippen LogP contribution in [-0.4, -0.2) is 97.7 Å². The summed E-state index contributed by atoms with van der Waals surface area (Å²) in [6.45, 7) is 7.01. The molecule has 0 saturated heterocycles. The number of fused-ring (bicyclic) bond motifs is 2. The van der Waals surface area contributed by atoms with Gasteiger partial charge in [-0.25, -0.2) is 9.59 Å². The number of carboxylic acid groups (broad SMARTS) is 2. The number of likely N-dealkylation sites (N-methyl/N-ethyl adjacent to an activating group) is 2. The van der Waals surface area contributed by atoms with E-state index in [-0.39, 0.29) is 26.5 Å². The lowest BCUT2D eigenvalue weighted by molar-refractivity contribution is -0.956. The molecule has 6 atom stereocenters. The number of benzene rings is 4. The number of carboxylic acids is 2. The van der Waals surface area contributed by atoms with Crippen molar-refractivity contribution >= 4 is 17.9 Å². The maximum absolute atomic E-state index is 14.1. The Morgan fingerprint density at radius 2 is 0.920 bits per heavy atom. The maximum atomic E-state index is 14.1. The van der Waals surface area contributed by atoms with Crippen LogP contribution in [0.1, 0.15) is 259 Å². The molecule has 6 bridgehead atoms. The van der Waals surface area contributed by atoms with Crippen LogP contribution in [0.15, 0.2) is 60.7 Å². The molecular formula is C75H112N2O11+2. The summed E-state index contributed by atoms with van der Waals surface area (Å²) in [5.41, 5.74) is 5.54. The van der Waals surface area contributed by atoms with Crippen molar-refractivity contribution in [3.05, 3.63) is 94.0 Å². The van der Waals surface area contributed by atoms with E-state index in [1.165, 1.54) is 142 Å². The van der Waals surface area contributed by atoms with E-state index in [1.807, 2.05) is 48.5 Å². The zero-order valence-electron chi connectivity index (χ0n) is 55.5. The van der Waals surface area contributed by atoms with E-state index < -0.39 is 36.0 Å². The third kappa shape index (κ3) is 18.9. The Labute approximate surface area is 529 Å². The number of aliphatic carboxylic acids is 2. The lowest BCUT2D eigenvalue weighted by Gasteiger charge is -2.49. The Morgan fingerprint density at radius 1 is 0.500 bits per heavy atom. The largest absolute Gasteiger partial charge is 0.493 e. The summed E-state index contributed by atoms with van der Waals surface area (Å²) < 4.78 is 39.1. The van der Waals surface area contributed by atoms with Crippen molar-refractivity contribution in [2.45, 2.75) is 263 Å². The predicted octanol–water partition coefficient (Wildman–Crippen LogP) is 18.8. The van der Waals surface area contributed by atoms with Crippen LogP contribution in [0.2, 0.25) is 0 Å². The topological polar surface area (TPSA) is 147 Å². The third-order valence-electron chi connectivity index (χ3n) is 20.2. The Balaban J connectivity index is 1.24. The molecular weight excluding hydrogens is 1100 g/mol. The molecule has 0 spiro atoms. The number of quaternary nitrogens is 2. The highest BCUT2D eigenvalue weighted by Crippen LogP contribution is 2.55. The van der Waals surface area contributed by atoms with E-state index in [1.54, 1.807) is 21.3 Å². The zero-order valence-corrected chi connectivity index (χ0v) is 55.5. The molecule has 0 aliphatic carbocycles. The number of methoxy groups -OCH3 is 3. The van der Waals surface area contributed by atoms with Gasteiger partial charge in [0.2, 0.25) is 5.75 Å².